The zero-order valence-electron chi connectivity index (χ0n) is 24.7. The van der Waals surface area contributed by atoms with Crippen molar-refractivity contribution < 1.29 is 19.3 Å². The largest absolute Gasteiger partial charge is 0.457 e. The number of ether oxygens (including phenoxy) is 3. The van der Waals surface area contributed by atoms with E-state index in [9.17, 15) is 5.11 Å². The van der Waals surface area contributed by atoms with Gasteiger partial charge in [0.1, 0.15) is 23.7 Å². The fourth-order valence-electron chi connectivity index (χ4n) is 5.38. The third-order valence-corrected chi connectivity index (χ3v) is 8.03. The maximum Gasteiger partial charge on any atom is 0.138 e. The van der Waals surface area contributed by atoms with Crippen LogP contribution >= 0.6 is 0 Å². The number of anilines is 2. The number of fused-ring (bicyclic) bond motifs is 1. The van der Waals surface area contributed by atoms with E-state index < -0.39 is 0 Å². The summed E-state index contributed by atoms with van der Waals surface area (Å²) in [6.45, 7) is 10.5. The van der Waals surface area contributed by atoms with Crippen molar-refractivity contribution in [3.05, 3.63) is 76.9 Å². The average molecular weight is 558 g/mol. The first-order valence-corrected chi connectivity index (χ1v) is 14.6. The molecule has 218 valence electrons. The molecule has 0 saturated carbocycles. The maximum absolute atomic E-state index is 9.37. The quantitative estimate of drug-likeness (QED) is 0.378. The smallest absolute Gasteiger partial charge is 0.138 e. The normalized spacial score (nSPS) is 19.6. The van der Waals surface area contributed by atoms with E-state index in [1.165, 1.54) is 5.56 Å². The molecule has 0 radical (unpaired) electrons. The maximum atomic E-state index is 9.37. The van der Waals surface area contributed by atoms with Crippen molar-refractivity contribution in [2.45, 2.75) is 51.2 Å². The molecule has 2 N–H and O–H groups in total. The zero-order valence-corrected chi connectivity index (χ0v) is 24.7. The minimum atomic E-state index is -0.231. The van der Waals surface area contributed by atoms with Crippen LogP contribution in [0.5, 0.6) is 11.5 Å². The molecule has 2 atom stereocenters. The fraction of sp³-hybridized carbons (Fsp3) is 0.441. The lowest BCUT2D eigenvalue weighted by Crippen LogP contribution is -2.43. The van der Waals surface area contributed by atoms with Gasteiger partial charge in [-0.05, 0) is 97.4 Å². The van der Waals surface area contributed by atoms with Gasteiger partial charge in [0.25, 0.3) is 0 Å². The lowest BCUT2D eigenvalue weighted by Gasteiger charge is -2.31. The minimum Gasteiger partial charge on any atom is -0.457 e. The number of benzene rings is 2. The summed E-state index contributed by atoms with van der Waals surface area (Å²) in [6.07, 6.45) is 7.50. The van der Waals surface area contributed by atoms with Gasteiger partial charge in [-0.2, -0.15) is 0 Å². The predicted molar refractivity (Wildman–Crippen MR) is 164 cm³/mol. The van der Waals surface area contributed by atoms with Crippen LogP contribution in [0.2, 0.25) is 0 Å². The van der Waals surface area contributed by atoms with Gasteiger partial charge in [-0.3, -0.25) is 4.98 Å². The number of likely N-dealkylation sites (tertiary alicyclic amines) is 1. The Morgan fingerprint density at radius 1 is 0.927 bits per heavy atom. The highest BCUT2D eigenvalue weighted by molar-refractivity contribution is 5.61. The van der Waals surface area contributed by atoms with E-state index in [4.69, 9.17) is 14.2 Å². The van der Waals surface area contributed by atoms with Crippen LogP contribution in [-0.4, -0.2) is 67.2 Å². The Morgan fingerprint density at radius 2 is 1.61 bits per heavy atom. The summed E-state index contributed by atoms with van der Waals surface area (Å²) in [5.41, 5.74) is 3.49. The first-order valence-electron chi connectivity index (χ1n) is 14.6. The van der Waals surface area contributed by atoms with Crippen LogP contribution in [0, 0.1) is 5.92 Å². The Kier molecular flexibility index (Phi) is 9.40. The molecule has 7 nitrogen and oxygen atoms in total. The number of aliphatic hydroxyl groups excluding tert-OH is 1. The molecule has 5 rings (SSSR count). The molecule has 3 aromatic rings. The van der Waals surface area contributed by atoms with Crippen molar-refractivity contribution in [3.8, 4) is 11.5 Å². The summed E-state index contributed by atoms with van der Waals surface area (Å²) in [4.78, 5) is 7.00. The number of aliphatic hydroxyl groups is 1. The molecule has 2 unspecified atom stereocenters. The molecule has 2 aliphatic rings. The Labute approximate surface area is 243 Å². The summed E-state index contributed by atoms with van der Waals surface area (Å²) in [5, 5.41) is 14.6. The van der Waals surface area contributed by atoms with Crippen LogP contribution < -0.4 is 20.6 Å². The van der Waals surface area contributed by atoms with Crippen molar-refractivity contribution in [1.29, 1.82) is 0 Å². The zero-order chi connectivity index (χ0) is 28.8. The standard InChI is InChI=1S/C34H43N3O4/c1-34(2,3)25-5-7-26(8-6-25)36-27-9-11-28(12-10-27)41-31-13-16-35-30-22-33(32(39-4)21-29(30)31)40-20-19-37-17-14-24(23-38)15-18-37/h5-13,16,21-22,24,32-33,36,38H,14-15,17-20,23H2,1-4H3. The van der Waals surface area contributed by atoms with Gasteiger partial charge in [0.15, 0.2) is 0 Å². The molecular weight excluding hydrogens is 514 g/mol. The summed E-state index contributed by atoms with van der Waals surface area (Å²) in [5.74, 6) is 1.92. The number of pyridine rings is 1. The van der Waals surface area contributed by atoms with E-state index in [-0.39, 0.29) is 17.6 Å². The highest BCUT2D eigenvalue weighted by atomic mass is 16.5. The van der Waals surface area contributed by atoms with E-state index in [1.807, 2.05) is 42.5 Å². The number of aromatic nitrogens is 1. The molecule has 41 heavy (non-hydrogen) atoms. The minimum absolute atomic E-state index is 0.134. The number of hydrogen-bond donors (Lipinski definition) is 2. The summed E-state index contributed by atoms with van der Waals surface area (Å²) < 4.78 is 18.3. The van der Waals surface area contributed by atoms with Crippen molar-refractivity contribution in [1.82, 2.24) is 9.88 Å². The van der Waals surface area contributed by atoms with Gasteiger partial charge in [0, 0.05) is 43.1 Å². The Balaban J connectivity index is 1.21. The molecule has 7 heteroatoms. The van der Waals surface area contributed by atoms with Crippen molar-refractivity contribution in [3.63, 3.8) is 0 Å². The van der Waals surface area contributed by atoms with Crippen molar-refractivity contribution >= 4 is 23.5 Å². The number of nitrogens with one attached hydrogen (secondary N) is 1. The number of methoxy groups -OCH3 is 1. The number of piperidine rings is 1. The van der Waals surface area contributed by atoms with E-state index in [0.717, 1.165) is 65.9 Å². The van der Waals surface area contributed by atoms with Crippen LogP contribution in [0.4, 0.5) is 11.4 Å². The molecule has 0 amide bonds. The van der Waals surface area contributed by atoms with E-state index in [2.05, 4.69) is 60.2 Å². The first-order chi connectivity index (χ1) is 19.8. The molecule has 1 saturated heterocycles. The van der Waals surface area contributed by atoms with Crippen LogP contribution in [0.25, 0.3) is 12.2 Å². The Morgan fingerprint density at radius 3 is 2.24 bits per heavy atom. The monoisotopic (exact) mass is 557 g/mol. The topological polar surface area (TPSA) is 76.1 Å². The second-order valence-corrected chi connectivity index (χ2v) is 12.0. The van der Waals surface area contributed by atoms with E-state index >= 15 is 0 Å². The molecule has 0 bridgehead atoms. The van der Waals surface area contributed by atoms with E-state index in [1.54, 1.807) is 13.3 Å². The first kappa shape index (κ1) is 29.3. The lowest BCUT2D eigenvalue weighted by atomic mass is 9.87. The second-order valence-electron chi connectivity index (χ2n) is 12.0. The van der Waals surface area contributed by atoms with Crippen molar-refractivity contribution in [2.75, 3.05) is 45.3 Å². The van der Waals surface area contributed by atoms with Gasteiger partial charge in [0.05, 0.1) is 12.0 Å². The van der Waals surface area contributed by atoms with Gasteiger partial charge in [-0.1, -0.05) is 32.9 Å². The molecule has 2 heterocycles. The molecule has 0 spiro atoms. The number of nitrogens with zero attached hydrogens (tertiary/aromatic N) is 2. The van der Waals surface area contributed by atoms with Gasteiger partial charge in [-0.25, -0.2) is 0 Å². The predicted octanol–water partition coefficient (Wildman–Crippen LogP) is 4.59. The van der Waals surface area contributed by atoms with Crippen LogP contribution in [0.3, 0.4) is 0 Å². The molecular formula is C34H43N3O4. The average Bonchev–Trinajstić information content (AvgIpc) is 2.98. The van der Waals surface area contributed by atoms with Gasteiger partial charge >= 0.3 is 0 Å². The van der Waals surface area contributed by atoms with E-state index in [0.29, 0.717) is 19.1 Å². The highest BCUT2D eigenvalue weighted by Gasteiger charge is 2.24. The van der Waals surface area contributed by atoms with Crippen molar-refractivity contribution in [2.24, 2.45) is 5.92 Å². The van der Waals surface area contributed by atoms with Crippen LogP contribution in [-0.2, 0) is 14.9 Å². The van der Waals surface area contributed by atoms with Crippen LogP contribution in [0.1, 0.15) is 39.2 Å². The SMILES string of the molecule is COC1C=c2c(Oc3ccc(Nc4ccc(C(C)(C)C)cc4)cc3)ccnc2=CC1OCCN1CCC(CO)CC1. The van der Waals surface area contributed by atoms with Crippen LogP contribution in [0.15, 0.2) is 60.8 Å². The molecule has 2 aromatic carbocycles. The third-order valence-electron chi connectivity index (χ3n) is 8.03. The van der Waals surface area contributed by atoms with Gasteiger partial charge < -0.3 is 29.5 Å². The highest BCUT2D eigenvalue weighted by Crippen LogP contribution is 2.26. The molecule has 1 fully saturated rings. The third kappa shape index (κ3) is 7.54. The number of rotatable bonds is 10. The molecule has 1 aromatic heterocycles. The van der Waals surface area contributed by atoms with Gasteiger partial charge in [-0.15, -0.1) is 0 Å². The Bertz CT molecular complexity index is 1390. The summed E-state index contributed by atoms with van der Waals surface area (Å²) >= 11 is 0. The lowest BCUT2D eigenvalue weighted by molar-refractivity contribution is -0.00636. The molecule has 1 aliphatic carbocycles. The summed E-state index contributed by atoms with van der Waals surface area (Å²) in [6, 6.07) is 18.4. The molecule has 1 aliphatic heterocycles. The number of hydrogen-bond acceptors (Lipinski definition) is 7. The van der Waals surface area contributed by atoms with Gasteiger partial charge in [0.2, 0.25) is 0 Å². The fourth-order valence-corrected chi connectivity index (χ4v) is 5.38. The summed E-state index contributed by atoms with van der Waals surface area (Å²) in [7, 11) is 1.70. The second kappa shape index (κ2) is 13.2. The Hall–Kier alpha value is -3.23.